The number of carbonyl (C=O) groups is 2. The summed E-state index contributed by atoms with van der Waals surface area (Å²) in [4.78, 5) is 27.7. The fourth-order valence-corrected chi connectivity index (χ4v) is 2.42. The molecule has 4 nitrogen and oxygen atoms in total. The molecule has 0 spiro atoms. The van der Waals surface area contributed by atoms with Crippen LogP contribution in [0, 0.1) is 5.82 Å². The van der Waals surface area contributed by atoms with Crippen molar-refractivity contribution in [3.8, 4) is 0 Å². The van der Waals surface area contributed by atoms with Crippen molar-refractivity contribution in [2.75, 3.05) is 26.2 Å². The molecule has 1 aliphatic rings. The van der Waals surface area contributed by atoms with E-state index in [1.165, 1.54) is 24.3 Å². The van der Waals surface area contributed by atoms with Gasteiger partial charge in [0.15, 0.2) is 0 Å². The fourth-order valence-electron chi connectivity index (χ4n) is 2.42. The Labute approximate surface area is 124 Å². The van der Waals surface area contributed by atoms with Crippen LogP contribution in [-0.2, 0) is 4.79 Å². The van der Waals surface area contributed by atoms with Gasteiger partial charge in [0.1, 0.15) is 5.82 Å². The molecule has 114 valence electrons. The van der Waals surface area contributed by atoms with Crippen molar-refractivity contribution in [1.29, 1.82) is 0 Å². The summed E-state index contributed by atoms with van der Waals surface area (Å²) in [6.45, 7) is 4.29. The molecule has 0 unspecified atom stereocenters. The molecule has 2 amide bonds. The number of amides is 2. The second-order valence-corrected chi connectivity index (χ2v) is 5.28. The van der Waals surface area contributed by atoms with Gasteiger partial charge in [-0.2, -0.15) is 0 Å². The van der Waals surface area contributed by atoms with Crippen LogP contribution in [0.3, 0.4) is 0 Å². The third-order valence-corrected chi connectivity index (χ3v) is 3.75. The van der Waals surface area contributed by atoms with Gasteiger partial charge in [-0.05, 0) is 30.7 Å². The predicted octanol–water partition coefficient (Wildman–Crippen LogP) is 2.30. The van der Waals surface area contributed by atoms with Gasteiger partial charge in [0.2, 0.25) is 5.91 Å². The van der Waals surface area contributed by atoms with Gasteiger partial charge in [-0.1, -0.05) is 13.3 Å². The molecule has 0 atom stereocenters. The molecule has 0 N–H and O–H groups in total. The molecule has 1 aromatic rings. The standard InChI is InChI=1S/C16H21FN2O2/c1-2-3-4-15(20)18-9-11-19(12-10-18)16(21)13-5-7-14(17)8-6-13/h5-8H,2-4,9-12H2,1H3. The summed E-state index contributed by atoms with van der Waals surface area (Å²) in [5, 5.41) is 0. The summed E-state index contributed by atoms with van der Waals surface area (Å²) in [6, 6.07) is 5.57. The highest BCUT2D eigenvalue weighted by atomic mass is 19.1. The third-order valence-electron chi connectivity index (χ3n) is 3.75. The van der Waals surface area contributed by atoms with E-state index in [4.69, 9.17) is 0 Å². The number of halogens is 1. The predicted molar refractivity (Wildman–Crippen MR) is 78.4 cm³/mol. The van der Waals surface area contributed by atoms with Gasteiger partial charge in [0.25, 0.3) is 5.91 Å². The first kappa shape index (κ1) is 15.5. The molecule has 0 aliphatic carbocycles. The van der Waals surface area contributed by atoms with Crippen LogP contribution in [0.2, 0.25) is 0 Å². The molecular weight excluding hydrogens is 271 g/mol. The van der Waals surface area contributed by atoms with Crippen molar-refractivity contribution < 1.29 is 14.0 Å². The summed E-state index contributed by atoms with van der Waals surface area (Å²) in [7, 11) is 0. The number of piperazine rings is 1. The van der Waals surface area contributed by atoms with Crippen LogP contribution in [0.5, 0.6) is 0 Å². The molecular formula is C16H21FN2O2. The maximum absolute atomic E-state index is 12.9. The molecule has 0 aromatic heterocycles. The lowest BCUT2D eigenvalue weighted by atomic mass is 10.1. The SMILES string of the molecule is CCCCC(=O)N1CCN(C(=O)c2ccc(F)cc2)CC1. The zero-order valence-electron chi connectivity index (χ0n) is 12.3. The summed E-state index contributed by atoms with van der Waals surface area (Å²) >= 11 is 0. The Kier molecular flexibility index (Phi) is 5.31. The molecule has 5 heteroatoms. The Bertz CT molecular complexity index is 494. The van der Waals surface area contributed by atoms with Crippen LogP contribution in [0.1, 0.15) is 36.5 Å². The van der Waals surface area contributed by atoms with Crippen LogP contribution in [0.15, 0.2) is 24.3 Å². The normalized spacial score (nSPS) is 15.1. The van der Waals surface area contributed by atoms with Crippen molar-refractivity contribution in [2.24, 2.45) is 0 Å². The summed E-state index contributed by atoms with van der Waals surface area (Å²) in [6.07, 6.45) is 2.50. The lowest BCUT2D eigenvalue weighted by Gasteiger charge is -2.35. The van der Waals surface area contributed by atoms with E-state index in [0.717, 1.165) is 12.8 Å². The molecule has 1 saturated heterocycles. The van der Waals surface area contributed by atoms with E-state index in [2.05, 4.69) is 6.92 Å². The Morgan fingerprint density at radius 3 is 2.19 bits per heavy atom. The van der Waals surface area contributed by atoms with Gasteiger partial charge in [-0.25, -0.2) is 4.39 Å². The lowest BCUT2D eigenvalue weighted by molar-refractivity contribution is -0.132. The van der Waals surface area contributed by atoms with Gasteiger partial charge in [0.05, 0.1) is 0 Å². The number of carbonyl (C=O) groups excluding carboxylic acids is 2. The van der Waals surface area contributed by atoms with Gasteiger partial charge >= 0.3 is 0 Å². The minimum absolute atomic E-state index is 0.101. The quantitative estimate of drug-likeness (QED) is 0.854. The van der Waals surface area contributed by atoms with E-state index in [9.17, 15) is 14.0 Å². The Hall–Kier alpha value is -1.91. The number of hydrogen-bond acceptors (Lipinski definition) is 2. The number of hydrogen-bond donors (Lipinski definition) is 0. The maximum atomic E-state index is 12.9. The van der Waals surface area contributed by atoms with Crippen molar-refractivity contribution in [3.63, 3.8) is 0 Å². The smallest absolute Gasteiger partial charge is 0.253 e. The van der Waals surface area contributed by atoms with Gasteiger partial charge < -0.3 is 9.80 Å². The Morgan fingerprint density at radius 2 is 1.62 bits per heavy atom. The van der Waals surface area contributed by atoms with Crippen molar-refractivity contribution >= 4 is 11.8 Å². The van der Waals surface area contributed by atoms with Crippen LogP contribution in [0.4, 0.5) is 4.39 Å². The largest absolute Gasteiger partial charge is 0.339 e. The molecule has 0 saturated carbocycles. The summed E-state index contributed by atoms with van der Waals surface area (Å²) in [5.41, 5.74) is 0.488. The van der Waals surface area contributed by atoms with E-state index in [0.29, 0.717) is 38.2 Å². The van der Waals surface area contributed by atoms with Crippen molar-refractivity contribution in [2.45, 2.75) is 26.2 Å². The molecule has 1 aliphatic heterocycles. The van der Waals surface area contributed by atoms with E-state index in [1.807, 2.05) is 4.90 Å². The van der Waals surface area contributed by atoms with Gasteiger partial charge in [-0.15, -0.1) is 0 Å². The van der Waals surface area contributed by atoms with E-state index in [-0.39, 0.29) is 17.6 Å². The molecule has 1 fully saturated rings. The second-order valence-electron chi connectivity index (χ2n) is 5.28. The van der Waals surface area contributed by atoms with Crippen LogP contribution in [-0.4, -0.2) is 47.8 Å². The van der Waals surface area contributed by atoms with E-state index < -0.39 is 0 Å². The summed E-state index contributed by atoms with van der Waals surface area (Å²) in [5.74, 6) is -0.278. The number of unbranched alkanes of at least 4 members (excludes halogenated alkanes) is 1. The number of rotatable bonds is 4. The molecule has 21 heavy (non-hydrogen) atoms. The van der Waals surface area contributed by atoms with Gasteiger partial charge in [-0.3, -0.25) is 9.59 Å². The molecule has 1 aromatic carbocycles. The summed E-state index contributed by atoms with van der Waals surface area (Å²) < 4.78 is 12.9. The number of benzene rings is 1. The fraction of sp³-hybridized carbons (Fsp3) is 0.500. The average molecular weight is 292 g/mol. The molecule has 2 rings (SSSR count). The first-order chi connectivity index (χ1) is 10.1. The van der Waals surface area contributed by atoms with Crippen LogP contribution in [0.25, 0.3) is 0 Å². The molecule has 1 heterocycles. The highest BCUT2D eigenvalue weighted by Gasteiger charge is 2.24. The highest BCUT2D eigenvalue weighted by Crippen LogP contribution is 2.11. The molecule has 0 radical (unpaired) electrons. The topological polar surface area (TPSA) is 40.6 Å². The van der Waals surface area contributed by atoms with Crippen LogP contribution >= 0.6 is 0 Å². The lowest BCUT2D eigenvalue weighted by Crippen LogP contribution is -2.50. The minimum Gasteiger partial charge on any atom is -0.339 e. The third kappa shape index (κ3) is 4.03. The zero-order chi connectivity index (χ0) is 15.2. The minimum atomic E-state index is -0.349. The van der Waals surface area contributed by atoms with Crippen molar-refractivity contribution in [1.82, 2.24) is 9.80 Å². The monoisotopic (exact) mass is 292 g/mol. The first-order valence-electron chi connectivity index (χ1n) is 7.44. The maximum Gasteiger partial charge on any atom is 0.253 e. The highest BCUT2D eigenvalue weighted by molar-refractivity contribution is 5.94. The Morgan fingerprint density at radius 1 is 1.05 bits per heavy atom. The first-order valence-corrected chi connectivity index (χ1v) is 7.44. The second kappa shape index (κ2) is 7.20. The van der Waals surface area contributed by atoms with E-state index in [1.54, 1.807) is 4.90 Å². The van der Waals surface area contributed by atoms with Crippen molar-refractivity contribution in [3.05, 3.63) is 35.6 Å². The van der Waals surface area contributed by atoms with E-state index >= 15 is 0 Å². The van der Waals surface area contributed by atoms with Crippen LogP contribution < -0.4 is 0 Å². The Balaban J connectivity index is 1.87. The average Bonchev–Trinajstić information content (AvgIpc) is 2.53. The molecule has 0 bridgehead atoms. The van der Waals surface area contributed by atoms with Gasteiger partial charge in [0, 0.05) is 38.2 Å². The number of nitrogens with zero attached hydrogens (tertiary/aromatic N) is 2. The zero-order valence-corrected chi connectivity index (χ0v) is 12.3.